The van der Waals surface area contributed by atoms with Gasteiger partial charge in [-0.2, -0.15) is 26.3 Å². The first kappa shape index (κ1) is 88.1. The Bertz CT molecular complexity index is 3220. The molecule has 13 atom stereocenters. The topological polar surface area (TPSA) is 289 Å². The van der Waals surface area contributed by atoms with Gasteiger partial charge in [-0.15, -0.1) is 0 Å². The number of rotatable bonds is 14. The van der Waals surface area contributed by atoms with E-state index in [1.807, 2.05) is 0 Å². The number of halogens is 6. The van der Waals surface area contributed by atoms with Gasteiger partial charge in [-0.1, -0.05) is 59.1 Å². The van der Waals surface area contributed by atoms with Crippen LogP contribution in [0.2, 0.25) is 0 Å². The number of nitrogens with zero attached hydrogens (tertiary/aromatic N) is 9. The molecule has 4 saturated carbocycles. The van der Waals surface area contributed by atoms with E-state index in [2.05, 4.69) is 16.0 Å². The molecule has 3 aliphatic heterocycles. The number of ether oxygens (including phenoxy) is 2. The van der Waals surface area contributed by atoms with Crippen LogP contribution in [0, 0.1) is 41.4 Å². The number of methoxy groups -OCH3 is 1. The monoisotopic (exact) mass is 1540 g/mol. The molecule has 2 bridgehead atoms. The van der Waals surface area contributed by atoms with Crippen molar-refractivity contribution in [3.8, 4) is 0 Å². The fraction of sp³-hybridized carbons (Fsp3) is 0.816. The predicted molar refractivity (Wildman–Crippen MR) is 387 cm³/mol. The number of carbonyl (C=O) groups is 12. The second-order valence-corrected chi connectivity index (χ2v) is 32.0. The van der Waals surface area contributed by atoms with E-state index in [1.165, 1.54) is 85.8 Å². The van der Waals surface area contributed by atoms with Crippen LogP contribution >= 0.6 is 0 Å². The van der Waals surface area contributed by atoms with E-state index in [4.69, 9.17) is 9.47 Å². The molecule has 6 fully saturated rings. The van der Waals surface area contributed by atoms with E-state index in [9.17, 15) is 55.1 Å². The Morgan fingerprint density at radius 2 is 1.30 bits per heavy atom. The van der Waals surface area contributed by atoms with Crippen LogP contribution in [-0.4, -0.2) is 289 Å². The first-order valence-corrected chi connectivity index (χ1v) is 39.0. The number of likely N-dealkylation sites (N-methyl/N-ethyl adjacent to an activating group) is 7. The van der Waals surface area contributed by atoms with Crippen LogP contribution in [-0.2, 0) is 67.0 Å². The zero-order valence-electron chi connectivity index (χ0n) is 65.8. The molecule has 32 heteroatoms. The number of carbonyl (C=O) groups excluding carboxylic acids is 12. The van der Waals surface area contributed by atoms with Crippen LogP contribution in [0.15, 0.2) is 12.2 Å². The molecule has 7 rings (SSSR count). The number of hydrogen-bond donors (Lipinski definition) is 3. The van der Waals surface area contributed by atoms with Gasteiger partial charge in [0, 0.05) is 89.1 Å². The Labute approximate surface area is 632 Å². The number of nitrogens with one attached hydrogen (secondary N) is 3. The highest BCUT2D eigenvalue weighted by molar-refractivity contribution is 6.01. The third kappa shape index (κ3) is 21.1. The van der Waals surface area contributed by atoms with Crippen molar-refractivity contribution in [2.24, 2.45) is 41.4 Å². The van der Waals surface area contributed by atoms with E-state index in [0.717, 1.165) is 14.7 Å². The lowest BCUT2D eigenvalue weighted by atomic mass is 9.74. The molecule has 26 nitrogen and oxygen atoms in total. The zero-order valence-corrected chi connectivity index (χ0v) is 65.8. The lowest BCUT2D eigenvalue weighted by Crippen LogP contribution is -2.68. The normalized spacial score (nSPS) is 31.3. The van der Waals surface area contributed by atoms with E-state index >= 15 is 28.8 Å². The van der Waals surface area contributed by atoms with E-state index < -0.39 is 210 Å². The van der Waals surface area contributed by atoms with Crippen LogP contribution in [0.5, 0.6) is 0 Å². The Morgan fingerprint density at radius 1 is 0.657 bits per heavy atom. The number of amides is 12. The van der Waals surface area contributed by atoms with Crippen molar-refractivity contribution in [1.29, 1.82) is 0 Å². The molecule has 1 spiro atoms. The van der Waals surface area contributed by atoms with Gasteiger partial charge in [-0.25, -0.2) is 0 Å². The third-order valence-electron chi connectivity index (χ3n) is 24.5. The summed E-state index contributed by atoms with van der Waals surface area (Å²) >= 11 is 0. The first-order valence-electron chi connectivity index (χ1n) is 39.0. The second-order valence-electron chi connectivity index (χ2n) is 32.0. The maximum atomic E-state index is 15.6. The smallest absolute Gasteiger partial charge is 0.381 e. The Kier molecular flexibility index (Phi) is 31.2. The Hall–Kier alpha value is -7.12. The highest BCUT2D eigenvalue weighted by Gasteiger charge is 2.55. The molecule has 7 aliphatic rings. The lowest BCUT2D eigenvalue weighted by Gasteiger charge is -2.46. The Balaban J connectivity index is 1.32. The van der Waals surface area contributed by atoms with Crippen LogP contribution < -0.4 is 16.0 Å². The standard InChI is InChI=1S/C76H120F6N12O14/c1-15-46(6)62-71(104)88(9)44-61(97)89(10)54-26-19-18-22-37-93(70(54)103)57(38-47-27-31-50(32-28-47)75(77,78)79)69(102)87(8)43-59(95)83-53(34-30-48-29-33-52(76(80,81)82)58(39-48)107-14)67(100)94-42-51(108-17-3)40-55(94)65(98)85-74(35-23-36-74)73(106)92(13)64(49-24-20-21-25-49)72(105)90(11)56(68(101)86(7)16-2)41-60(96)91(12)63(45(4)5)66(99)84-62/h18-19,45-58,62-64H,15-17,20-44H2,1-14H3,(H,83,95)(H,84,99)(H,85,98)/b19-18-/t46-,47?,48?,50?,51+,52?,53-,54-,55-,56-,57-,58?,62-,63-,64-/m0/s1. The molecule has 3 unspecified atom stereocenters. The molecule has 0 aromatic carbocycles. The van der Waals surface area contributed by atoms with Gasteiger partial charge < -0.3 is 69.5 Å². The molecule has 4 aliphatic carbocycles. The van der Waals surface area contributed by atoms with Crippen molar-refractivity contribution in [3.63, 3.8) is 0 Å². The SMILES string of the molecule is CCO[C@@H]1C[C@H]2C(=O)NC3(CCC3)C(=O)N(C)[C@@H](C3CCCC3)C(=O)N(C)[C@H](C(=O)N(C)CC)CC(=O)N(C)[C@@H](C(C)C)C(=O)N[C@@H]([C@@H](C)CC)C(=O)N(C)CC(=O)N(C)[C@H]3C/C=C\CCN(C3=O)[C@@H](CC3CCC(C(F)(F)F)CC3)C(=O)N(C)CC(=O)N[C@@H](CCC3CCC(C(F)(F)F)C(OC)C3)C(=O)N2C1. The van der Waals surface area contributed by atoms with Gasteiger partial charge in [0.25, 0.3) is 0 Å². The lowest BCUT2D eigenvalue weighted by molar-refractivity contribution is -0.215. The quantitative estimate of drug-likeness (QED) is 0.131. The molecule has 610 valence electrons. The molecule has 3 heterocycles. The minimum absolute atomic E-state index is 0.0352. The third-order valence-corrected chi connectivity index (χ3v) is 24.5. The molecule has 0 radical (unpaired) electrons. The summed E-state index contributed by atoms with van der Waals surface area (Å²) in [4.78, 5) is 193. The highest BCUT2D eigenvalue weighted by Crippen LogP contribution is 2.45. The Morgan fingerprint density at radius 3 is 1.87 bits per heavy atom. The van der Waals surface area contributed by atoms with Gasteiger partial charge in [-0.3, -0.25) is 57.5 Å². The summed E-state index contributed by atoms with van der Waals surface area (Å²) in [5, 5.41) is 8.64. The minimum Gasteiger partial charge on any atom is -0.381 e. The van der Waals surface area contributed by atoms with Crippen molar-refractivity contribution >= 4 is 70.9 Å². The van der Waals surface area contributed by atoms with Crippen molar-refractivity contribution in [1.82, 2.24) is 60.0 Å². The summed E-state index contributed by atoms with van der Waals surface area (Å²) in [6.07, 6.45) is -5.65. The van der Waals surface area contributed by atoms with Crippen molar-refractivity contribution in [2.45, 2.75) is 261 Å². The highest BCUT2D eigenvalue weighted by atomic mass is 19.4. The molecular weight excluding hydrogens is 1420 g/mol. The van der Waals surface area contributed by atoms with Crippen LogP contribution in [0.3, 0.4) is 0 Å². The summed E-state index contributed by atoms with van der Waals surface area (Å²) in [5.74, 6) is -14.8. The van der Waals surface area contributed by atoms with Gasteiger partial charge in [0.05, 0.1) is 43.6 Å². The fourth-order valence-corrected chi connectivity index (χ4v) is 17.3. The van der Waals surface area contributed by atoms with E-state index in [0.29, 0.717) is 38.5 Å². The van der Waals surface area contributed by atoms with Crippen LogP contribution in [0.25, 0.3) is 0 Å². The molecule has 3 N–H and O–H groups in total. The van der Waals surface area contributed by atoms with Crippen LogP contribution in [0.4, 0.5) is 26.3 Å². The van der Waals surface area contributed by atoms with Gasteiger partial charge >= 0.3 is 12.4 Å². The average Bonchev–Trinajstić information content (AvgIpc) is 0.930. The minimum atomic E-state index is -4.56. The summed E-state index contributed by atoms with van der Waals surface area (Å²) in [5.41, 5.74) is -1.63. The number of hydrogen-bond acceptors (Lipinski definition) is 14. The number of fused-ring (bicyclic) bond motifs is 3. The fourth-order valence-electron chi connectivity index (χ4n) is 17.3. The van der Waals surface area contributed by atoms with Gasteiger partial charge in [0.2, 0.25) is 70.9 Å². The zero-order chi connectivity index (χ0) is 80.2. The van der Waals surface area contributed by atoms with E-state index in [1.54, 1.807) is 53.7 Å². The molecule has 0 aromatic heterocycles. The van der Waals surface area contributed by atoms with Crippen molar-refractivity contribution in [2.75, 3.05) is 95.8 Å². The maximum absolute atomic E-state index is 15.6. The second kappa shape index (κ2) is 38.2. The first-order chi connectivity index (χ1) is 50.7. The van der Waals surface area contributed by atoms with Gasteiger partial charge in [0.15, 0.2) is 0 Å². The summed E-state index contributed by atoms with van der Waals surface area (Å²) in [6.45, 7) is 8.91. The molecular formula is C76H120F6N12O14. The predicted octanol–water partition coefficient (Wildman–Crippen LogP) is 6.08. The molecule has 108 heavy (non-hydrogen) atoms. The largest absolute Gasteiger partial charge is 0.394 e. The van der Waals surface area contributed by atoms with Gasteiger partial charge in [0.1, 0.15) is 53.9 Å². The van der Waals surface area contributed by atoms with Crippen molar-refractivity contribution < 1.29 is 93.4 Å². The van der Waals surface area contributed by atoms with E-state index in [-0.39, 0.29) is 123 Å². The molecule has 2 saturated heterocycles. The number of alkyl halides is 6. The van der Waals surface area contributed by atoms with Crippen molar-refractivity contribution in [3.05, 3.63) is 12.2 Å². The average molecular weight is 1540 g/mol. The molecule has 0 aromatic rings. The van der Waals surface area contributed by atoms with Gasteiger partial charge in [-0.05, 0) is 153 Å². The summed E-state index contributed by atoms with van der Waals surface area (Å²) in [6, 6.07) is -10.9. The van der Waals surface area contributed by atoms with Crippen LogP contribution in [0.1, 0.15) is 183 Å². The summed E-state index contributed by atoms with van der Waals surface area (Å²) < 4.78 is 96.8. The molecule has 12 amide bonds. The maximum Gasteiger partial charge on any atom is 0.394 e. The summed E-state index contributed by atoms with van der Waals surface area (Å²) in [7, 11) is 10.9.